The van der Waals surface area contributed by atoms with Crippen molar-refractivity contribution in [3.63, 3.8) is 0 Å². The normalized spacial score (nSPS) is 12.3. The minimum Gasteiger partial charge on any atom is -0.497 e. The van der Waals surface area contributed by atoms with E-state index in [0.29, 0.717) is 5.56 Å². The molecule has 2 aromatic rings. The highest BCUT2D eigenvalue weighted by Gasteiger charge is 2.21. The predicted molar refractivity (Wildman–Crippen MR) is 79.8 cm³/mol. The zero-order chi connectivity index (χ0) is 14.0. The van der Waals surface area contributed by atoms with Crippen molar-refractivity contribution in [1.82, 2.24) is 0 Å². The molecular weight excluding hydrogens is 385 g/mol. The van der Waals surface area contributed by atoms with Gasteiger partial charge in [-0.25, -0.2) is 8.78 Å². The van der Waals surface area contributed by atoms with Crippen molar-refractivity contribution >= 4 is 34.2 Å². The summed E-state index contributed by atoms with van der Waals surface area (Å²) < 4.78 is 33.7. The van der Waals surface area contributed by atoms with Crippen molar-refractivity contribution in [2.75, 3.05) is 7.11 Å². The molecule has 1 unspecified atom stereocenters. The summed E-state index contributed by atoms with van der Waals surface area (Å²) in [6.07, 6.45) is 0. The van der Waals surface area contributed by atoms with Crippen molar-refractivity contribution < 1.29 is 13.5 Å². The maximum atomic E-state index is 13.9. The molecule has 0 bridgehead atoms. The Morgan fingerprint density at radius 3 is 2.11 bits per heavy atom. The molecule has 0 fully saturated rings. The second kappa shape index (κ2) is 6.05. The summed E-state index contributed by atoms with van der Waals surface area (Å²) in [7, 11) is 1.35. The van der Waals surface area contributed by atoms with Crippen LogP contribution in [0.5, 0.6) is 5.75 Å². The van der Waals surface area contributed by atoms with Gasteiger partial charge >= 0.3 is 0 Å². The first-order valence-electron chi connectivity index (χ1n) is 5.45. The molecule has 0 aliphatic heterocycles. The van der Waals surface area contributed by atoms with Crippen LogP contribution >= 0.6 is 34.2 Å². The predicted octanol–water partition coefficient (Wildman–Crippen LogP) is 4.91. The lowest BCUT2D eigenvalue weighted by Crippen LogP contribution is -2.02. The molecule has 2 aromatic carbocycles. The molecule has 1 nitrogen and oxygen atoms in total. The lowest BCUT2D eigenvalue weighted by molar-refractivity contribution is 0.405. The van der Waals surface area contributed by atoms with Crippen LogP contribution in [0.4, 0.5) is 8.78 Å². The fraction of sp³-hybridized carbons (Fsp3) is 0.143. The molecule has 0 saturated heterocycles. The Labute approximate surface area is 128 Å². The first-order valence-corrected chi connectivity index (χ1v) is 6.97. The van der Waals surface area contributed by atoms with Crippen LogP contribution in [0.2, 0.25) is 0 Å². The van der Waals surface area contributed by atoms with E-state index in [-0.39, 0.29) is 11.3 Å². The smallest absolute Gasteiger partial charge is 0.134 e. The van der Waals surface area contributed by atoms with Crippen molar-refractivity contribution in [1.29, 1.82) is 0 Å². The van der Waals surface area contributed by atoms with Crippen molar-refractivity contribution in [3.05, 3.63) is 62.7 Å². The molecule has 2 rings (SSSR count). The van der Waals surface area contributed by atoms with Crippen LogP contribution in [0.3, 0.4) is 0 Å². The number of halogens is 4. The van der Waals surface area contributed by atoms with E-state index >= 15 is 0 Å². The fourth-order valence-corrected chi connectivity index (χ4v) is 2.43. The maximum Gasteiger partial charge on any atom is 0.134 e. The average molecular weight is 395 g/mol. The summed E-state index contributed by atoms with van der Waals surface area (Å²) in [6, 6.07) is 9.43. The molecule has 0 N–H and O–H groups in total. The highest BCUT2D eigenvalue weighted by atomic mass is 127. The van der Waals surface area contributed by atoms with Crippen molar-refractivity contribution in [3.8, 4) is 5.75 Å². The van der Waals surface area contributed by atoms with Gasteiger partial charge in [-0.05, 0) is 40.3 Å². The minimum absolute atomic E-state index is 0.130. The number of methoxy groups -OCH3 is 1. The van der Waals surface area contributed by atoms with Crippen LogP contribution in [-0.4, -0.2) is 7.11 Å². The van der Waals surface area contributed by atoms with Crippen molar-refractivity contribution in [2.24, 2.45) is 0 Å². The van der Waals surface area contributed by atoms with E-state index in [1.165, 1.54) is 7.11 Å². The third-order valence-electron chi connectivity index (χ3n) is 2.70. The van der Waals surface area contributed by atoms with E-state index in [1.54, 1.807) is 12.1 Å². The Bertz CT molecular complexity index is 563. The summed E-state index contributed by atoms with van der Waals surface area (Å²) in [5.41, 5.74) is 0.480. The molecule has 0 saturated carbocycles. The molecule has 0 spiro atoms. The van der Waals surface area contributed by atoms with Crippen molar-refractivity contribution in [2.45, 2.75) is 5.38 Å². The Balaban J connectivity index is 2.44. The molecule has 100 valence electrons. The summed E-state index contributed by atoms with van der Waals surface area (Å²) in [5.74, 6) is -1.30. The molecule has 0 aliphatic rings. The molecular formula is C14H10ClF2IO. The highest BCUT2D eigenvalue weighted by molar-refractivity contribution is 14.1. The zero-order valence-corrected chi connectivity index (χ0v) is 12.9. The Morgan fingerprint density at radius 2 is 1.63 bits per heavy atom. The van der Waals surface area contributed by atoms with Gasteiger partial charge in [0.15, 0.2) is 0 Å². The molecule has 0 aromatic heterocycles. The average Bonchev–Trinajstić information content (AvgIpc) is 2.38. The molecule has 0 aliphatic carbocycles. The van der Waals surface area contributed by atoms with Gasteiger partial charge < -0.3 is 4.74 Å². The Hall–Kier alpha value is -0.880. The quantitative estimate of drug-likeness (QED) is 0.531. The summed E-state index contributed by atoms with van der Waals surface area (Å²) in [5, 5.41) is -0.872. The standard InChI is InChI=1S/C14H10ClF2IO/c1-19-10-6-11(16)13(12(17)7-10)14(15)8-2-4-9(18)5-3-8/h2-7,14H,1H3. The van der Waals surface area contributed by atoms with Crippen LogP contribution in [0.25, 0.3) is 0 Å². The van der Waals surface area contributed by atoms with Crippen LogP contribution in [-0.2, 0) is 0 Å². The van der Waals surface area contributed by atoms with Gasteiger partial charge in [0.2, 0.25) is 0 Å². The monoisotopic (exact) mass is 394 g/mol. The van der Waals surface area contributed by atoms with Gasteiger partial charge in [0.1, 0.15) is 17.4 Å². The first-order chi connectivity index (χ1) is 9.02. The number of benzene rings is 2. The molecule has 0 radical (unpaired) electrons. The van der Waals surface area contributed by atoms with E-state index in [2.05, 4.69) is 22.6 Å². The molecule has 0 heterocycles. The molecule has 19 heavy (non-hydrogen) atoms. The lowest BCUT2D eigenvalue weighted by atomic mass is 10.0. The fourth-order valence-electron chi connectivity index (χ4n) is 1.72. The number of rotatable bonds is 3. The highest BCUT2D eigenvalue weighted by Crippen LogP contribution is 2.34. The van der Waals surface area contributed by atoms with Crippen LogP contribution < -0.4 is 4.74 Å². The third-order valence-corrected chi connectivity index (χ3v) is 3.89. The van der Waals surface area contributed by atoms with Gasteiger partial charge in [-0.3, -0.25) is 0 Å². The Kier molecular flexibility index (Phi) is 4.62. The van der Waals surface area contributed by atoms with Gasteiger partial charge in [0.25, 0.3) is 0 Å². The number of hydrogen-bond donors (Lipinski definition) is 0. The van der Waals surface area contributed by atoms with Crippen LogP contribution in [0.15, 0.2) is 36.4 Å². The molecule has 0 amide bonds. The minimum atomic E-state index is -0.872. The van der Waals surface area contributed by atoms with Gasteiger partial charge in [-0.1, -0.05) is 12.1 Å². The molecule has 5 heteroatoms. The molecule has 1 atom stereocenters. The maximum absolute atomic E-state index is 13.9. The van der Waals surface area contributed by atoms with E-state index in [9.17, 15) is 8.78 Å². The van der Waals surface area contributed by atoms with Gasteiger partial charge in [0.05, 0.1) is 12.5 Å². The first kappa shape index (κ1) is 14.5. The van der Waals surface area contributed by atoms with Crippen LogP contribution in [0.1, 0.15) is 16.5 Å². The third kappa shape index (κ3) is 3.17. The largest absolute Gasteiger partial charge is 0.497 e. The number of ether oxygens (including phenoxy) is 1. The van der Waals surface area contributed by atoms with Crippen LogP contribution in [0, 0.1) is 15.2 Å². The topological polar surface area (TPSA) is 9.23 Å². The zero-order valence-electron chi connectivity index (χ0n) is 9.96. The summed E-state index contributed by atoms with van der Waals surface area (Å²) in [4.78, 5) is 0. The number of alkyl halides is 1. The second-order valence-electron chi connectivity index (χ2n) is 3.92. The second-order valence-corrected chi connectivity index (χ2v) is 5.60. The summed E-state index contributed by atoms with van der Waals surface area (Å²) in [6.45, 7) is 0. The van der Waals surface area contributed by atoms with E-state index in [0.717, 1.165) is 15.7 Å². The van der Waals surface area contributed by atoms with E-state index in [4.69, 9.17) is 16.3 Å². The van der Waals surface area contributed by atoms with E-state index < -0.39 is 17.0 Å². The van der Waals surface area contributed by atoms with Gasteiger partial charge in [-0.2, -0.15) is 0 Å². The van der Waals surface area contributed by atoms with Gasteiger partial charge in [0, 0.05) is 21.3 Å². The lowest BCUT2D eigenvalue weighted by Gasteiger charge is -2.13. The Morgan fingerprint density at radius 1 is 1.11 bits per heavy atom. The summed E-state index contributed by atoms with van der Waals surface area (Å²) >= 11 is 8.32. The van der Waals surface area contributed by atoms with Gasteiger partial charge in [-0.15, -0.1) is 11.6 Å². The number of hydrogen-bond acceptors (Lipinski definition) is 1. The SMILES string of the molecule is COc1cc(F)c(C(Cl)c2ccc(I)cc2)c(F)c1. The van der Waals surface area contributed by atoms with E-state index in [1.807, 2.05) is 12.1 Å².